The molecule has 0 aromatic heterocycles. The van der Waals surface area contributed by atoms with Gasteiger partial charge in [0.1, 0.15) is 4.32 Å². The number of carbonyl (C=O) groups excluding carboxylic acids is 1. The van der Waals surface area contributed by atoms with E-state index in [1.165, 1.54) is 16.7 Å². The lowest BCUT2D eigenvalue weighted by Gasteiger charge is -2.31. The van der Waals surface area contributed by atoms with Crippen LogP contribution in [0, 0.1) is 0 Å². The van der Waals surface area contributed by atoms with Gasteiger partial charge in [-0.15, -0.1) is 0 Å². The van der Waals surface area contributed by atoms with E-state index in [4.69, 9.17) is 23.8 Å². The number of hydrogen-bond donors (Lipinski definition) is 2. The number of thiocarbonyl (C=S) groups is 1. The molecule has 21 heavy (non-hydrogen) atoms. The first-order chi connectivity index (χ1) is 10.0. The molecule has 0 unspecified atom stereocenters. The molecule has 1 aromatic rings. The van der Waals surface area contributed by atoms with E-state index in [1.807, 2.05) is 0 Å². The van der Waals surface area contributed by atoms with E-state index >= 15 is 0 Å². The zero-order valence-corrected chi connectivity index (χ0v) is 14.3. The van der Waals surface area contributed by atoms with Crippen LogP contribution in [-0.2, 0) is 4.79 Å². The zero-order chi connectivity index (χ0) is 15.2. The maximum atomic E-state index is 11.9. The zero-order valence-electron chi connectivity index (χ0n) is 11.9. The summed E-state index contributed by atoms with van der Waals surface area (Å²) in [4.78, 5) is 15.6. The summed E-state index contributed by atoms with van der Waals surface area (Å²) in [6.07, 6.45) is 0. The van der Waals surface area contributed by atoms with Gasteiger partial charge in [0.15, 0.2) is 0 Å². The quantitative estimate of drug-likeness (QED) is 0.806. The number of benzene rings is 1. The average Bonchev–Trinajstić information content (AvgIpc) is 2.48. The fourth-order valence-electron chi connectivity index (χ4n) is 2.02. The third kappa shape index (κ3) is 5.47. The third-order valence-electron chi connectivity index (χ3n) is 3.33. The molecule has 0 atom stereocenters. The number of anilines is 1. The monoisotopic (exact) mass is 344 g/mol. The number of nitrogens with one attached hydrogen (secondary N) is 2. The first-order valence-electron chi connectivity index (χ1n) is 6.83. The highest BCUT2D eigenvalue weighted by molar-refractivity contribution is 8.23. The van der Waals surface area contributed by atoms with Crippen LogP contribution in [0.5, 0.6) is 0 Å². The van der Waals surface area contributed by atoms with Gasteiger partial charge in [-0.25, -0.2) is 0 Å². The Kier molecular flexibility index (Phi) is 6.29. The third-order valence-corrected chi connectivity index (χ3v) is 5.11. The number of piperazine rings is 1. The molecule has 0 bridgehead atoms. The van der Waals surface area contributed by atoms with Crippen molar-refractivity contribution >= 4 is 51.5 Å². The van der Waals surface area contributed by atoms with E-state index in [1.54, 1.807) is 24.3 Å². The molecule has 2 N–H and O–H groups in total. The summed E-state index contributed by atoms with van der Waals surface area (Å²) < 4.78 is 0.814. The minimum absolute atomic E-state index is 0.0515. The van der Waals surface area contributed by atoms with Gasteiger partial charge < -0.3 is 15.1 Å². The molecule has 7 heteroatoms. The first kappa shape index (κ1) is 16.5. The van der Waals surface area contributed by atoms with Crippen molar-refractivity contribution in [3.63, 3.8) is 0 Å². The molecule has 1 amide bonds. The number of nitrogens with zero attached hydrogens (tertiary/aromatic N) is 1. The van der Waals surface area contributed by atoms with Crippen molar-refractivity contribution in [2.45, 2.75) is 0 Å². The maximum Gasteiger partial charge on any atom is 0.234 e. The Balaban J connectivity index is 1.73. The van der Waals surface area contributed by atoms with Gasteiger partial charge in [0.2, 0.25) is 5.91 Å². The van der Waals surface area contributed by atoms with Crippen molar-refractivity contribution < 1.29 is 9.69 Å². The minimum Gasteiger partial charge on any atom is -0.346 e. The predicted molar refractivity (Wildman–Crippen MR) is 93.3 cm³/mol. The number of halogens is 1. The summed E-state index contributed by atoms with van der Waals surface area (Å²) >= 11 is 12.6. The van der Waals surface area contributed by atoms with Crippen LogP contribution >= 0.6 is 35.6 Å². The van der Waals surface area contributed by atoms with Crippen molar-refractivity contribution in [1.29, 1.82) is 0 Å². The standard InChI is InChI=1S/C14H18ClN3OS2/c1-17-6-8-18(9-7-17)14(20)21-10-13(19)16-12-4-2-11(15)3-5-12/h2-5H,6-10H2,1H3,(H,16,19)/p+1. The lowest BCUT2D eigenvalue weighted by atomic mass is 10.3. The van der Waals surface area contributed by atoms with Gasteiger partial charge in [0.05, 0.1) is 39.0 Å². The smallest absolute Gasteiger partial charge is 0.234 e. The molecule has 1 saturated heterocycles. The van der Waals surface area contributed by atoms with Crippen LogP contribution in [0.2, 0.25) is 5.02 Å². The SMILES string of the molecule is C[NH+]1CCN(C(=S)SCC(=O)Nc2ccc(Cl)cc2)CC1. The van der Waals surface area contributed by atoms with Gasteiger partial charge in [-0.2, -0.15) is 0 Å². The van der Waals surface area contributed by atoms with Gasteiger partial charge in [-0.05, 0) is 24.3 Å². The number of amides is 1. The van der Waals surface area contributed by atoms with Crippen LogP contribution in [0.1, 0.15) is 0 Å². The second-order valence-electron chi connectivity index (χ2n) is 5.05. The fourth-order valence-corrected chi connectivity index (χ4v) is 3.20. The Bertz CT molecular complexity index is 501. The number of carbonyl (C=O) groups is 1. The Morgan fingerprint density at radius 3 is 2.62 bits per heavy atom. The van der Waals surface area contributed by atoms with Crippen LogP contribution in [0.15, 0.2) is 24.3 Å². The summed E-state index contributed by atoms with van der Waals surface area (Å²) in [6, 6.07) is 7.07. The van der Waals surface area contributed by atoms with Crippen LogP contribution in [0.3, 0.4) is 0 Å². The number of quaternary nitrogens is 1. The van der Waals surface area contributed by atoms with E-state index < -0.39 is 0 Å². The van der Waals surface area contributed by atoms with E-state index in [9.17, 15) is 4.79 Å². The molecule has 1 aromatic carbocycles. The van der Waals surface area contributed by atoms with Crippen molar-refractivity contribution in [1.82, 2.24) is 4.90 Å². The van der Waals surface area contributed by atoms with Crippen LogP contribution in [0.4, 0.5) is 5.69 Å². The predicted octanol–water partition coefficient (Wildman–Crippen LogP) is 1.13. The van der Waals surface area contributed by atoms with Gasteiger partial charge in [0.25, 0.3) is 0 Å². The number of likely N-dealkylation sites (N-methyl/N-ethyl adjacent to an activating group) is 1. The molecule has 114 valence electrons. The molecule has 0 spiro atoms. The van der Waals surface area contributed by atoms with Gasteiger partial charge in [-0.3, -0.25) is 4.79 Å². The maximum absolute atomic E-state index is 11.9. The molecule has 1 heterocycles. The highest BCUT2D eigenvalue weighted by Crippen LogP contribution is 2.15. The molecule has 1 aliphatic rings. The van der Waals surface area contributed by atoms with Crippen molar-refractivity contribution in [2.75, 3.05) is 44.3 Å². The summed E-state index contributed by atoms with van der Waals surface area (Å²) in [5, 5.41) is 3.49. The molecule has 0 aliphatic carbocycles. The highest BCUT2D eigenvalue weighted by atomic mass is 35.5. The Morgan fingerprint density at radius 2 is 2.00 bits per heavy atom. The van der Waals surface area contributed by atoms with E-state index in [0.717, 1.165) is 36.2 Å². The Morgan fingerprint density at radius 1 is 1.38 bits per heavy atom. The van der Waals surface area contributed by atoms with Crippen LogP contribution in [-0.4, -0.2) is 54.1 Å². The van der Waals surface area contributed by atoms with Gasteiger partial charge in [-0.1, -0.05) is 35.6 Å². The van der Waals surface area contributed by atoms with Gasteiger partial charge in [0, 0.05) is 10.7 Å². The first-order valence-corrected chi connectivity index (χ1v) is 8.60. The fraction of sp³-hybridized carbons (Fsp3) is 0.429. The molecule has 1 fully saturated rings. The van der Waals surface area contributed by atoms with Crippen molar-refractivity contribution in [3.8, 4) is 0 Å². The molecular formula is C14H19ClN3OS2+. The number of rotatable bonds is 3. The lowest BCUT2D eigenvalue weighted by Crippen LogP contribution is -3.12. The normalized spacial score (nSPS) is 15.8. The van der Waals surface area contributed by atoms with E-state index in [0.29, 0.717) is 10.8 Å². The van der Waals surface area contributed by atoms with Crippen molar-refractivity contribution in [3.05, 3.63) is 29.3 Å². The molecule has 2 rings (SSSR count). The molecule has 0 saturated carbocycles. The number of thioether (sulfide) groups is 1. The van der Waals surface area contributed by atoms with Crippen LogP contribution in [0.25, 0.3) is 0 Å². The summed E-state index contributed by atoms with van der Waals surface area (Å²) in [5.41, 5.74) is 0.749. The molecule has 1 aliphatic heterocycles. The molecule has 0 radical (unpaired) electrons. The van der Waals surface area contributed by atoms with Gasteiger partial charge >= 0.3 is 0 Å². The second-order valence-corrected chi connectivity index (χ2v) is 7.10. The second kappa shape index (κ2) is 7.98. The molecule has 4 nitrogen and oxygen atoms in total. The van der Waals surface area contributed by atoms with E-state index in [-0.39, 0.29) is 5.91 Å². The van der Waals surface area contributed by atoms with Crippen LogP contribution < -0.4 is 10.2 Å². The van der Waals surface area contributed by atoms with Crippen molar-refractivity contribution in [2.24, 2.45) is 0 Å². The minimum atomic E-state index is -0.0515. The highest BCUT2D eigenvalue weighted by Gasteiger charge is 2.19. The Hall–Kier alpha value is -0.820. The topological polar surface area (TPSA) is 36.8 Å². The van der Waals surface area contributed by atoms with E-state index in [2.05, 4.69) is 17.3 Å². The Labute approximate surface area is 139 Å². The summed E-state index contributed by atoms with van der Waals surface area (Å²) in [5.74, 6) is 0.283. The average molecular weight is 345 g/mol. The number of hydrogen-bond acceptors (Lipinski definition) is 3. The summed E-state index contributed by atoms with van der Waals surface area (Å²) in [6.45, 7) is 4.13. The summed E-state index contributed by atoms with van der Waals surface area (Å²) in [7, 11) is 2.19. The lowest BCUT2D eigenvalue weighted by molar-refractivity contribution is -0.883. The molecular weight excluding hydrogens is 326 g/mol. The largest absolute Gasteiger partial charge is 0.346 e.